The van der Waals surface area contributed by atoms with Gasteiger partial charge in [-0.3, -0.25) is 24.5 Å². The SMILES string of the molecule is O=C1CCC(N2Cc3c(cccc3N(CC3CC3)C3CCC(NCC4(C(F)(F)F)CC4)CC3)C2=O)C(=O)N1.O=CO. The van der Waals surface area contributed by atoms with Crippen molar-refractivity contribution in [3.8, 4) is 0 Å². The highest BCUT2D eigenvalue weighted by Gasteiger charge is 2.62. The van der Waals surface area contributed by atoms with Gasteiger partial charge in [0.25, 0.3) is 12.4 Å². The minimum Gasteiger partial charge on any atom is -0.483 e. The van der Waals surface area contributed by atoms with Gasteiger partial charge in [0.2, 0.25) is 11.8 Å². The number of benzene rings is 1. The minimum atomic E-state index is -4.13. The first-order chi connectivity index (χ1) is 19.6. The zero-order valence-electron chi connectivity index (χ0n) is 22.9. The van der Waals surface area contributed by atoms with Crippen molar-refractivity contribution in [2.24, 2.45) is 11.3 Å². The Bertz CT molecular complexity index is 1180. The van der Waals surface area contributed by atoms with Crippen molar-refractivity contribution >= 4 is 29.9 Å². The summed E-state index contributed by atoms with van der Waals surface area (Å²) in [5.41, 5.74) is 1.06. The standard InChI is InChI=1S/C28H35F3N4O3.CH2O2/c29-28(30,31)27(12-13-27)16-32-18-6-8-19(9-7-18)34(14-17-4-5-17)22-3-1-2-20-21(22)15-35(26(20)38)23-10-11-24(36)33-25(23)37;2-1-3/h1-3,17-19,23,32H,4-16H2,(H,33,36,37);1H,(H,2,3). The second-order valence-corrected chi connectivity index (χ2v) is 12.1. The number of anilines is 1. The van der Waals surface area contributed by atoms with Gasteiger partial charge in [0.15, 0.2) is 0 Å². The van der Waals surface area contributed by atoms with Gasteiger partial charge in [-0.1, -0.05) is 6.07 Å². The van der Waals surface area contributed by atoms with Gasteiger partial charge in [-0.25, -0.2) is 0 Å². The molecule has 9 nitrogen and oxygen atoms in total. The molecule has 3 aliphatic carbocycles. The fourth-order valence-corrected chi connectivity index (χ4v) is 6.50. The number of hydrogen-bond acceptors (Lipinski definition) is 6. The number of rotatable bonds is 8. The molecule has 6 rings (SSSR count). The molecule has 41 heavy (non-hydrogen) atoms. The molecule has 0 radical (unpaired) electrons. The van der Waals surface area contributed by atoms with Crippen molar-refractivity contribution in [1.29, 1.82) is 0 Å². The van der Waals surface area contributed by atoms with Crippen LogP contribution in [0, 0.1) is 11.3 Å². The van der Waals surface area contributed by atoms with Crippen LogP contribution in [0.3, 0.4) is 0 Å². The van der Waals surface area contributed by atoms with E-state index in [0.29, 0.717) is 24.4 Å². The van der Waals surface area contributed by atoms with E-state index < -0.39 is 23.5 Å². The minimum absolute atomic E-state index is 0.0160. The molecule has 1 aromatic rings. The van der Waals surface area contributed by atoms with E-state index in [0.717, 1.165) is 43.5 Å². The quantitative estimate of drug-likeness (QED) is 0.319. The van der Waals surface area contributed by atoms with E-state index >= 15 is 0 Å². The molecule has 224 valence electrons. The average molecular weight is 579 g/mol. The van der Waals surface area contributed by atoms with E-state index in [9.17, 15) is 27.6 Å². The molecule has 2 aliphatic heterocycles. The van der Waals surface area contributed by atoms with Crippen LogP contribution in [-0.2, 0) is 20.9 Å². The van der Waals surface area contributed by atoms with Crippen LogP contribution < -0.4 is 15.5 Å². The number of carbonyl (C=O) groups is 4. The molecule has 0 aromatic heterocycles. The highest BCUT2D eigenvalue weighted by atomic mass is 19.4. The number of piperidine rings is 1. The van der Waals surface area contributed by atoms with E-state index in [-0.39, 0.29) is 56.2 Å². The predicted octanol–water partition coefficient (Wildman–Crippen LogP) is 3.61. The molecule has 1 aromatic carbocycles. The molecule has 3 amide bonds. The van der Waals surface area contributed by atoms with E-state index in [1.165, 1.54) is 12.8 Å². The van der Waals surface area contributed by atoms with Gasteiger partial charge in [-0.15, -0.1) is 0 Å². The van der Waals surface area contributed by atoms with Gasteiger partial charge in [0.05, 0.1) is 5.41 Å². The highest BCUT2D eigenvalue weighted by molar-refractivity contribution is 6.06. The first-order valence-electron chi connectivity index (χ1n) is 14.5. The zero-order chi connectivity index (χ0) is 29.4. The number of fused-ring (bicyclic) bond motifs is 1. The van der Waals surface area contributed by atoms with Crippen LogP contribution >= 0.6 is 0 Å². The van der Waals surface area contributed by atoms with Crippen LogP contribution in [0.15, 0.2) is 18.2 Å². The van der Waals surface area contributed by atoms with Crippen LogP contribution in [0.1, 0.15) is 80.1 Å². The maximum atomic E-state index is 13.3. The number of carbonyl (C=O) groups excluding carboxylic acids is 3. The molecular weight excluding hydrogens is 541 g/mol. The summed E-state index contributed by atoms with van der Waals surface area (Å²) in [6.45, 7) is 1.01. The number of carboxylic acid groups (broad SMARTS) is 1. The predicted molar refractivity (Wildman–Crippen MR) is 143 cm³/mol. The second kappa shape index (κ2) is 11.6. The maximum Gasteiger partial charge on any atom is 0.395 e. The summed E-state index contributed by atoms with van der Waals surface area (Å²) in [5.74, 6) is -0.272. The van der Waals surface area contributed by atoms with E-state index in [1.807, 2.05) is 12.1 Å². The van der Waals surface area contributed by atoms with Crippen LogP contribution in [0.2, 0.25) is 0 Å². The number of halogens is 3. The Labute approximate surface area is 236 Å². The van der Waals surface area contributed by atoms with Crippen LogP contribution in [-0.4, -0.2) is 71.6 Å². The van der Waals surface area contributed by atoms with Gasteiger partial charge < -0.3 is 20.2 Å². The Morgan fingerprint density at radius 1 is 1.07 bits per heavy atom. The van der Waals surface area contributed by atoms with Crippen molar-refractivity contribution in [1.82, 2.24) is 15.5 Å². The van der Waals surface area contributed by atoms with E-state index in [1.54, 1.807) is 4.90 Å². The molecule has 3 N–H and O–H groups in total. The fourth-order valence-electron chi connectivity index (χ4n) is 6.50. The number of nitrogens with one attached hydrogen (secondary N) is 2. The van der Waals surface area contributed by atoms with Crippen molar-refractivity contribution < 1.29 is 37.5 Å². The summed E-state index contributed by atoms with van der Waals surface area (Å²) >= 11 is 0. The Morgan fingerprint density at radius 3 is 2.34 bits per heavy atom. The molecule has 2 heterocycles. The first-order valence-corrected chi connectivity index (χ1v) is 14.5. The summed E-state index contributed by atoms with van der Waals surface area (Å²) in [6.07, 6.45) is 2.67. The largest absolute Gasteiger partial charge is 0.483 e. The highest BCUT2D eigenvalue weighted by Crippen LogP contribution is 2.57. The number of hydrogen-bond donors (Lipinski definition) is 3. The number of amides is 3. The normalized spacial score (nSPS) is 27.0. The third-order valence-electron chi connectivity index (χ3n) is 9.34. The molecule has 0 bridgehead atoms. The number of nitrogens with zero attached hydrogens (tertiary/aromatic N) is 2. The lowest BCUT2D eigenvalue weighted by molar-refractivity contribution is -0.186. The molecule has 1 saturated heterocycles. The van der Waals surface area contributed by atoms with Crippen LogP contribution in [0.4, 0.5) is 18.9 Å². The van der Waals surface area contributed by atoms with Crippen LogP contribution in [0.25, 0.3) is 0 Å². The van der Waals surface area contributed by atoms with Gasteiger partial charge in [0, 0.05) is 55.0 Å². The maximum absolute atomic E-state index is 13.3. The van der Waals surface area contributed by atoms with Crippen LogP contribution in [0.5, 0.6) is 0 Å². The molecule has 4 fully saturated rings. The van der Waals surface area contributed by atoms with Gasteiger partial charge >= 0.3 is 6.18 Å². The Hall–Kier alpha value is -3.15. The monoisotopic (exact) mass is 578 g/mol. The molecular formula is C29H37F3N4O5. The van der Waals surface area contributed by atoms with Crippen molar-refractivity contribution in [3.63, 3.8) is 0 Å². The smallest absolute Gasteiger partial charge is 0.395 e. The topological polar surface area (TPSA) is 119 Å². The van der Waals surface area contributed by atoms with Gasteiger partial charge in [-0.2, -0.15) is 13.2 Å². The zero-order valence-corrected chi connectivity index (χ0v) is 22.9. The molecule has 5 aliphatic rings. The van der Waals surface area contributed by atoms with Crippen molar-refractivity contribution in [2.75, 3.05) is 18.0 Å². The van der Waals surface area contributed by atoms with Crippen molar-refractivity contribution in [3.05, 3.63) is 29.3 Å². The first kappa shape index (κ1) is 29.3. The summed E-state index contributed by atoms with van der Waals surface area (Å²) < 4.78 is 40.0. The van der Waals surface area contributed by atoms with Gasteiger partial charge in [0.1, 0.15) is 6.04 Å². The lowest BCUT2D eigenvalue weighted by Gasteiger charge is -2.40. The second-order valence-electron chi connectivity index (χ2n) is 12.1. The third kappa shape index (κ3) is 6.22. The Balaban J connectivity index is 0.00000108. The molecule has 12 heteroatoms. The lowest BCUT2D eigenvalue weighted by Crippen LogP contribution is -2.52. The fraction of sp³-hybridized carbons (Fsp3) is 0.655. The average Bonchev–Trinajstić information content (AvgIpc) is 3.86. The number of alkyl halides is 3. The lowest BCUT2D eigenvalue weighted by atomic mass is 9.88. The third-order valence-corrected chi connectivity index (χ3v) is 9.34. The summed E-state index contributed by atoms with van der Waals surface area (Å²) in [6, 6.07) is 5.49. The van der Waals surface area contributed by atoms with E-state index in [2.05, 4.69) is 21.6 Å². The molecule has 3 saturated carbocycles. The van der Waals surface area contributed by atoms with Gasteiger partial charge in [-0.05, 0) is 75.8 Å². The molecule has 1 atom stereocenters. The summed E-state index contributed by atoms with van der Waals surface area (Å²) in [4.78, 5) is 49.9. The van der Waals surface area contributed by atoms with E-state index in [4.69, 9.17) is 9.90 Å². The number of imide groups is 1. The Morgan fingerprint density at radius 2 is 1.76 bits per heavy atom. The molecule has 1 unspecified atom stereocenters. The molecule has 0 spiro atoms. The Kier molecular flexibility index (Phi) is 8.31. The van der Waals surface area contributed by atoms with Crippen molar-refractivity contribution in [2.45, 2.75) is 95.1 Å². The summed E-state index contributed by atoms with van der Waals surface area (Å²) in [5, 5.41) is 12.5. The summed E-state index contributed by atoms with van der Waals surface area (Å²) in [7, 11) is 0.